The highest BCUT2D eigenvalue weighted by Crippen LogP contribution is 2.28. The lowest BCUT2D eigenvalue weighted by Gasteiger charge is -2.12. The molecule has 1 aromatic rings. The first-order valence-electron chi connectivity index (χ1n) is 5.90. The molecule has 0 aromatic heterocycles. The van der Waals surface area contributed by atoms with Gasteiger partial charge in [-0.2, -0.15) is 0 Å². The average molecular weight is 333 g/mol. The summed E-state index contributed by atoms with van der Waals surface area (Å²) >= 11 is 3.42. The third-order valence-electron chi connectivity index (χ3n) is 2.93. The summed E-state index contributed by atoms with van der Waals surface area (Å²) in [6, 6.07) is 3.81. The van der Waals surface area contributed by atoms with E-state index >= 15 is 0 Å². The van der Waals surface area contributed by atoms with Gasteiger partial charge in [0.15, 0.2) is 0 Å². The molecule has 0 spiro atoms. The van der Waals surface area contributed by atoms with Crippen molar-refractivity contribution in [2.75, 3.05) is 7.05 Å². The number of benzene rings is 1. The van der Waals surface area contributed by atoms with Crippen molar-refractivity contribution in [2.24, 2.45) is 0 Å². The van der Waals surface area contributed by atoms with Crippen LogP contribution >= 0.6 is 15.9 Å². The molecule has 2 rings (SSSR count). The monoisotopic (exact) mass is 332 g/mol. The minimum atomic E-state index is -3.40. The predicted molar refractivity (Wildman–Crippen MR) is 75.0 cm³/mol. The zero-order chi connectivity index (χ0) is 13.3. The maximum atomic E-state index is 12.3. The Kier molecular flexibility index (Phi) is 4.11. The molecular formula is C12H17BrN2O2S. The molecule has 0 saturated heterocycles. The van der Waals surface area contributed by atoms with Crippen molar-refractivity contribution in [1.82, 2.24) is 10.0 Å². The average Bonchev–Trinajstić information content (AvgIpc) is 3.06. The van der Waals surface area contributed by atoms with E-state index in [9.17, 15) is 8.42 Å². The van der Waals surface area contributed by atoms with Gasteiger partial charge in [-0.15, -0.1) is 0 Å². The quantitative estimate of drug-likeness (QED) is 0.866. The van der Waals surface area contributed by atoms with Crippen molar-refractivity contribution in [2.45, 2.75) is 37.2 Å². The first kappa shape index (κ1) is 14.0. The van der Waals surface area contributed by atoms with Crippen molar-refractivity contribution in [3.63, 3.8) is 0 Å². The van der Waals surface area contributed by atoms with E-state index in [2.05, 4.69) is 26.0 Å². The molecule has 0 atom stereocenters. The molecule has 18 heavy (non-hydrogen) atoms. The molecule has 4 nitrogen and oxygen atoms in total. The van der Waals surface area contributed by atoms with Crippen LogP contribution in [0.4, 0.5) is 0 Å². The standard InChI is InChI=1S/C12H17BrN2O2S/c1-8-11(13)5-9(7-14-2)6-12(8)18(16,17)15-10-3-4-10/h5-6,10,14-15H,3-4,7H2,1-2H3. The van der Waals surface area contributed by atoms with Crippen LogP contribution < -0.4 is 10.0 Å². The molecule has 0 heterocycles. The number of halogens is 1. The van der Waals surface area contributed by atoms with Gasteiger partial charge in [-0.05, 0) is 50.1 Å². The Morgan fingerprint density at radius 1 is 1.39 bits per heavy atom. The third kappa shape index (κ3) is 3.12. The summed E-state index contributed by atoms with van der Waals surface area (Å²) in [5, 5.41) is 3.03. The van der Waals surface area contributed by atoms with Gasteiger partial charge in [0, 0.05) is 17.1 Å². The molecule has 1 saturated carbocycles. The summed E-state index contributed by atoms with van der Waals surface area (Å²) in [5.74, 6) is 0. The Morgan fingerprint density at radius 3 is 2.61 bits per heavy atom. The smallest absolute Gasteiger partial charge is 0.241 e. The normalized spacial score (nSPS) is 15.9. The summed E-state index contributed by atoms with van der Waals surface area (Å²) in [5.41, 5.74) is 1.70. The van der Waals surface area contributed by atoms with Crippen LogP contribution in [0.2, 0.25) is 0 Å². The third-order valence-corrected chi connectivity index (χ3v) is 5.40. The Balaban J connectivity index is 2.41. The Labute approximate surface area is 116 Å². The number of hydrogen-bond donors (Lipinski definition) is 2. The van der Waals surface area contributed by atoms with Crippen LogP contribution in [-0.2, 0) is 16.6 Å². The van der Waals surface area contributed by atoms with Crippen LogP contribution in [0.25, 0.3) is 0 Å². The minimum Gasteiger partial charge on any atom is -0.316 e. The van der Waals surface area contributed by atoms with Gasteiger partial charge in [0.2, 0.25) is 10.0 Å². The maximum Gasteiger partial charge on any atom is 0.241 e. The minimum absolute atomic E-state index is 0.126. The molecular weight excluding hydrogens is 316 g/mol. The van der Waals surface area contributed by atoms with E-state index in [4.69, 9.17) is 0 Å². The molecule has 1 fully saturated rings. The van der Waals surface area contributed by atoms with Crippen LogP contribution in [-0.4, -0.2) is 21.5 Å². The van der Waals surface area contributed by atoms with Gasteiger partial charge in [0.1, 0.15) is 0 Å². The molecule has 0 bridgehead atoms. The molecule has 2 N–H and O–H groups in total. The van der Waals surface area contributed by atoms with E-state index in [0.717, 1.165) is 28.4 Å². The first-order valence-corrected chi connectivity index (χ1v) is 8.17. The zero-order valence-corrected chi connectivity index (χ0v) is 12.9. The van der Waals surface area contributed by atoms with E-state index in [1.165, 1.54) is 0 Å². The topological polar surface area (TPSA) is 58.2 Å². The number of nitrogens with one attached hydrogen (secondary N) is 2. The van der Waals surface area contributed by atoms with Crippen LogP contribution in [0.1, 0.15) is 24.0 Å². The second kappa shape index (κ2) is 5.28. The lowest BCUT2D eigenvalue weighted by Crippen LogP contribution is -2.26. The van der Waals surface area contributed by atoms with Gasteiger partial charge in [0.25, 0.3) is 0 Å². The molecule has 0 unspecified atom stereocenters. The highest BCUT2D eigenvalue weighted by atomic mass is 79.9. The summed E-state index contributed by atoms with van der Waals surface area (Å²) < 4.78 is 28.1. The summed E-state index contributed by atoms with van der Waals surface area (Å²) in [7, 11) is -1.56. The Bertz CT molecular complexity index is 553. The second-order valence-corrected chi connectivity index (χ2v) is 7.16. The molecule has 1 aliphatic carbocycles. The fourth-order valence-corrected chi connectivity index (χ4v) is 4.04. The molecule has 0 radical (unpaired) electrons. The van der Waals surface area contributed by atoms with Crippen LogP contribution in [0.5, 0.6) is 0 Å². The van der Waals surface area contributed by atoms with Crippen LogP contribution in [0.3, 0.4) is 0 Å². The molecule has 100 valence electrons. The fourth-order valence-electron chi connectivity index (χ4n) is 1.78. The van der Waals surface area contributed by atoms with E-state index in [-0.39, 0.29) is 6.04 Å². The van der Waals surface area contributed by atoms with E-state index < -0.39 is 10.0 Å². The largest absolute Gasteiger partial charge is 0.316 e. The molecule has 0 amide bonds. The zero-order valence-electron chi connectivity index (χ0n) is 10.5. The highest BCUT2D eigenvalue weighted by molar-refractivity contribution is 9.10. The highest BCUT2D eigenvalue weighted by Gasteiger charge is 2.29. The van der Waals surface area contributed by atoms with Gasteiger partial charge in [-0.1, -0.05) is 15.9 Å². The summed E-state index contributed by atoms with van der Waals surface area (Å²) in [6.07, 6.45) is 1.88. The van der Waals surface area contributed by atoms with Crippen molar-refractivity contribution >= 4 is 26.0 Å². The molecule has 1 aromatic carbocycles. The molecule has 0 aliphatic heterocycles. The van der Waals surface area contributed by atoms with Gasteiger partial charge in [-0.25, -0.2) is 13.1 Å². The number of sulfonamides is 1. The SMILES string of the molecule is CNCc1cc(Br)c(C)c(S(=O)(=O)NC2CC2)c1. The van der Waals surface area contributed by atoms with Gasteiger partial charge in [0.05, 0.1) is 4.90 Å². The molecule has 6 heteroatoms. The van der Waals surface area contributed by atoms with Crippen LogP contribution in [0, 0.1) is 6.92 Å². The van der Waals surface area contributed by atoms with E-state index in [1.54, 1.807) is 6.07 Å². The lowest BCUT2D eigenvalue weighted by molar-refractivity contribution is 0.580. The van der Waals surface area contributed by atoms with Crippen molar-refractivity contribution < 1.29 is 8.42 Å². The van der Waals surface area contributed by atoms with E-state index in [1.807, 2.05) is 20.0 Å². The van der Waals surface area contributed by atoms with Gasteiger partial charge >= 0.3 is 0 Å². The maximum absolute atomic E-state index is 12.3. The van der Waals surface area contributed by atoms with Crippen molar-refractivity contribution in [1.29, 1.82) is 0 Å². The predicted octanol–water partition coefficient (Wildman–Crippen LogP) is 1.92. The van der Waals surface area contributed by atoms with Gasteiger partial charge in [-0.3, -0.25) is 0 Å². The van der Waals surface area contributed by atoms with Crippen molar-refractivity contribution in [3.8, 4) is 0 Å². The van der Waals surface area contributed by atoms with Crippen molar-refractivity contribution in [3.05, 3.63) is 27.7 Å². The number of hydrogen-bond acceptors (Lipinski definition) is 3. The fraction of sp³-hybridized carbons (Fsp3) is 0.500. The Morgan fingerprint density at radius 2 is 2.06 bits per heavy atom. The molecule has 1 aliphatic rings. The van der Waals surface area contributed by atoms with Gasteiger partial charge < -0.3 is 5.32 Å². The Hall–Kier alpha value is -0.430. The van der Waals surface area contributed by atoms with E-state index in [0.29, 0.717) is 11.4 Å². The summed E-state index contributed by atoms with van der Waals surface area (Å²) in [4.78, 5) is 0.369. The van der Waals surface area contributed by atoms with Crippen LogP contribution in [0.15, 0.2) is 21.5 Å². The number of rotatable bonds is 5. The first-order chi connectivity index (χ1) is 8.44. The lowest BCUT2D eigenvalue weighted by atomic mass is 10.1. The second-order valence-electron chi connectivity index (χ2n) is 4.63. The summed E-state index contributed by atoms with van der Waals surface area (Å²) in [6.45, 7) is 2.46.